The van der Waals surface area contributed by atoms with E-state index in [0.717, 1.165) is 11.8 Å². The zero-order valence-electron chi connectivity index (χ0n) is 19.0. The molecule has 2 aromatic rings. The van der Waals surface area contributed by atoms with E-state index >= 15 is 0 Å². The second-order valence-electron chi connectivity index (χ2n) is 6.95. The Balaban J connectivity index is 1.95. The molecule has 0 radical (unpaired) electrons. The molecule has 32 heavy (non-hydrogen) atoms. The van der Waals surface area contributed by atoms with Crippen molar-refractivity contribution in [1.29, 1.82) is 0 Å². The van der Waals surface area contributed by atoms with Gasteiger partial charge in [-0.15, -0.1) is 0 Å². The molecule has 176 valence electrons. The van der Waals surface area contributed by atoms with E-state index in [4.69, 9.17) is 18.9 Å². The molecule has 1 amide bonds. The van der Waals surface area contributed by atoms with Crippen molar-refractivity contribution in [1.82, 2.24) is 5.32 Å². The zero-order chi connectivity index (χ0) is 23.7. The predicted molar refractivity (Wildman–Crippen MR) is 122 cm³/mol. The number of nitrogens with zero attached hydrogens (tertiary/aromatic N) is 1. The van der Waals surface area contributed by atoms with Crippen molar-refractivity contribution in [2.75, 3.05) is 45.5 Å². The Morgan fingerprint density at radius 3 is 2.00 bits per heavy atom. The Kier molecular flexibility index (Phi) is 9.01. The third-order valence-electron chi connectivity index (χ3n) is 4.74. The summed E-state index contributed by atoms with van der Waals surface area (Å²) >= 11 is 0. The number of anilines is 1. The van der Waals surface area contributed by atoms with Crippen molar-refractivity contribution in [2.45, 2.75) is 19.4 Å². The Labute approximate surface area is 189 Å². The Morgan fingerprint density at radius 1 is 0.938 bits per heavy atom. The monoisotopic (exact) mass is 466 g/mol. The maximum Gasteiger partial charge on any atom is 0.232 e. The number of hydrogen-bond donors (Lipinski definition) is 1. The average Bonchev–Trinajstić information content (AvgIpc) is 2.78. The van der Waals surface area contributed by atoms with Gasteiger partial charge in [-0.05, 0) is 48.4 Å². The Morgan fingerprint density at radius 2 is 1.53 bits per heavy atom. The van der Waals surface area contributed by atoms with E-state index in [9.17, 15) is 13.2 Å². The van der Waals surface area contributed by atoms with Gasteiger partial charge in [0.2, 0.25) is 21.7 Å². The van der Waals surface area contributed by atoms with E-state index in [1.165, 1.54) is 25.6 Å². The SMILES string of the molecule is COc1ccc(N(CCCC(=O)NCc2cc(OC)c(OC)c(OC)c2)S(C)(=O)=O)cc1. The number of carbonyl (C=O) groups excluding carboxylic acids is 1. The number of rotatable bonds is 12. The molecule has 2 rings (SSSR count). The standard InChI is InChI=1S/C22H30N2O7S/c1-28-18-10-8-17(9-11-18)24(32(5,26)27)12-6-7-21(25)23-15-16-13-19(29-2)22(31-4)20(14-16)30-3/h8-11,13-14H,6-7,12,15H2,1-5H3,(H,23,25). The van der Waals surface area contributed by atoms with Gasteiger partial charge in [0, 0.05) is 19.5 Å². The van der Waals surface area contributed by atoms with E-state index in [2.05, 4.69) is 5.32 Å². The van der Waals surface area contributed by atoms with Crippen LogP contribution in [0.15, 0.2) is 36.4 Å². The van der Waals surface area contributed by atoms with Crippen molar-refractivity contribution < 1.29 is 32.2 Å². The molecule has 0 aliphatic carbocycles. The van der Waals surface area contributed by atoms with Crippen LogP contribution in [0.2, 0.25) is 0 Å². The molecule has 0 aliphatic heterocycles. The highest BCUT2D eigenvalue weighted by molar-refractivity contribution is 7.92. The highest BCUT2D eigenvalue weighted by atomic mass is 32.2. The van der Waals surface area contributed by atoms with Crippen molar-refractivity contribution in [3.8, 4) is 23.0 Å². The van der Waals surface area contributed by atoms with Gasteiger partial charge in [0.25, 0.3) is 0 Å². The topological polar surface area (TPSA) is 103 Å². The fraction of sp³-hybridized carbons (Fsp3) is 0.409. The molecule has 0 spiro atoms. The molecule has 0 aromatic heterocycles. The first-order valence-electron chi connectivity index (χ1n) is 9.90. The number of ether oxygens (including phenoxy) is 4. The molecule has 0 bridgehead atoms. The van der Waals surface area contributed by atoms with Gasteiger partial charge in [0.05, 0.1) is 40.4 Å². The number of carbonyl (C=O) groups is 1. The summed E-state index contributed by atoms with van der Waals surface area (Å²) in [6, 6.07) is 10.2. The molecule has 0 unspecified atom stereocenters. The van der Waals surface area contributed by atoms with Crippen LogP contribution in [0.3, 0.4) is 0 Å². The highest BCUT2D eigenvalue weighted by Crippen LogP contribution is 2.38. The zero-order valence-corrected chi connectivity index (χ0v) is 19.8. The first-order chi connectivity index (χ1) is 15.2. The molecule has 0 atom stereocenters. The summed E-state index contributed by atoms with van der Waals surface area (Å²) in [5.74, 6) is 1.92. The van der Waals surface area contributed by atoms with Crippen LogP contribution in [0, 0.1) is 0 Å². The third-order valence-corrected chi connectivity index (χ3v) is 5.93. The minimum Gasteiger partial charge on any atom is -0.497 e. The third kappa shape index (κ3) is 6.68. The lowest BCUT2D eigenvalue weighted by Gasteiger charge is -2.22. The van der Waals surface area contributed by atoms with E-state index < -0.39 is 10.0 Å². The molecule has 2 aromatic carbocycles. The summed E-state index contributed by atoms with van der Waals surface area (Å²) in [6.45, 7) is 0.451. The molecule has 0 heterocycles. The fourth-order valence-electron chi connectivity index (χ4n) is 3.14. The van der Waals surface area contributed by atoms with Crippen LogP contribution in [0.4, 0.5) is 5.69 Å². The maximum atomic E-state index is 12.3. The lowest BCUT2D eigenvalue weighted by Crippen LogP contribution is -2.32. The minimum absolute atomic E-state index is 0.173. The molecule has 0 aliphatic rings. The van der Waals surface area contributed by atoms with Crippen LogP contribution in [0.1, 0.15) is 18.4 Å². The largest absolute Gasteiger partial charge is 0.497 e. The molecule has 10 heteroatoms. The number of sulfonamides is 1. The second-order valence-corrected chi connectivity index (χ2v) is 8.85. The number of nitrogens with one attached hydrogen (secondary N) is 1. The van der Waals surface area contributed by atoms with Gasteiger partial charge in [-0.25, -0.2) is 8.42 Å². The van der Waals surface area contributed by atoms with E-state index in [1.54, 1.807) is 43.5 Å². The van der Waals surface area contributed by atoms with Crippen LogP contribution in [-0.4, -0.2) is 55.6 Å². The molecule has 0 saturated carbocycles. The minimum atomic E-state index is -3.49. The van der Waals surface area contributed by atoms with Crippen LogP contribution >= 0.6 is 0 Å². The predicted octanol–water partition coefficient (Wildman–Crippen LogP) is 2.58. The normalized spacial score (nSPS) is 10.9. The maximum absolute atomic E-state index is 12.3. The van der Waals surface area contributed by atoms with Crippen LogP contribution in [-0.2, 0) is 21.4 Å². The van der Waals surface area contributed by atoms with Gasteiger partial charge in [-0.1, -0.05) is 0 Å². The lowest BCUT2D eigenvalue weighted by atomic mass is 10.1. The van der Waals surface area contributed by atoms with Crippen molar-refractivity contribution in [3.05, 3.63) is 42.0 Å². The number of amides is 1. The van der Waals surface area contributed by atoms with Gasteiger partial charge >= 0.3 is 0 Å². The molecule has 0 saturated heterocycles. The molecule has 9 nitrogen and oxygen atoms in total. The molecule has 1 N–H and O–H groups in total. The first-order valence-corrected chi connectivity index (χ1v) is 11.8. The number of methoxy groups -OCH3 is 4. The van der Waals surface area contributed by atoms with Gasteiger partial charge in [0.15, 0.2) is 11.5 Å². The van der Waals surface area contributed by atoms with E-state index in [-0.39, 0.29) is 25.4 Å². The fourth-order valence-corrected chi connectivity index (χ4v) is 4.11. The summed E-state index contributed by atoms with van der Waals surface area (Å²) in [6.07, 6.45) is 1.68. The summed E-state index contributed by atoms with van der Waals surface area (Å²) in [7, 11) is 2.62. The summed E-state index contributed by atoms with van der Waals surface area (Å²) in [5, 5.41) is 2.83. The quantitative estimate of drug-likeness (QED) is 0.513. The summed E-state index contributed by atoms with van der Waals surface area (Å²) in [5.41, 5.74) is 1.30. The Hall–Kier alpha value is -3.14. The molecular weight excluding hydrogens is 436 g/mol. The summed E-state index contributed by atoms with van der Waals surface area (Å²) in [4.78, 5) is 12.3. The van der Waals surface area contributed by atoms with Gasteiger partial charge in [-0.3, -0.25) is 9.10 Å². The van der Waals surface area contributed by atoms with Gasteiger partial charge in [0.1, 0.15) is 5.75 Å². The second kappa shape index (κ2) is 11.5. The number of hydrogen-bond acceptors (Lipinski definition) is 7. The van der Waals surface area contributed by atoms with E-state index in [0.29, 0.717) is 35.1 Å². The van der Waals surface area contributed by atoms with Crippen LogP contribution in [0.5, 0.6) is 23.0 Å². The van der Waals surface area contributed by atoms with Crippen LogP contribution < -0.4 is 28.6 Å². The van der Waals surface area contributed by atoms with Crippen LogP contribution in [0.25, 0.3) is 0 Å². The van der Waals surface area contributed by atoms with Crippen molar-refractivity contribution in [2.24, 2.45) is 0 Å². The average molecular weight is 467 g/mol. The lowest BCUT2D eigenvalue weighted by molar-refractivity contribution is -0.121. The molecule has 0 fully saturated rings. The first kappa shape index (κ1) is 25.1. The van der Waals surface area contributed by atoms with Gasteiger partial charge < -0.3 is 24.3 Å². The molecular formula is C22H30N2O7S. The van der Waals surface area contributed by atoms with Crippen molar-refractivity contribution in [3.63, 3.8) is 0 Å². The van der Waals surface area contributed by atoms with E-state index in [1.807, 2.05) is 0 Å². The number of benzene rings is 2. The van der Waals surface area contributed by atoms with Gasteiger partial charge in [-0.2, -0.15) is 0 Å². The Bertz CT molecular complexity index is 982. The summed E-state index contributed by atoms with van der Waals surface area (Å²) < 4.78 is 46.7. The smallest absolute Gasteiger partial charge is 0.232 e. The van der Waals surface area contributed by atoms with Crippen molar-refractivity contribution >= 4 is 21.6 Å². The highest BCUT2D eigenvalue weighted by Gasteiger charge is 2.18.